The number of anilines is 2. The third kappa shape index (κ3) is 3.27. The van der Waals surface area contributed by atoms with Crippen LogP contribution in [0.25, 0.3) is 11.3 Å². The molecule has 3 aromatic rings. The molecule has 0 spiro atoms. The predicted molar refractivity (Wildman–Crippen MR) is 110 cm³/mol. The van der Waals surface area contributed by atoms with Crippen LogP contribution in [0.15, 0.2) is 42.6 Å². The lowest BCUT2D eigenvalue weighted by Gasteiger charge is -2.27. The van der Waals surface area contributed by atoms with Crippen molar-refractivity contribution in [2.45, 2.75) is 12.8 Å². The zero-order valence-corrected chi connectivity index (χ0v) is 16.2. The zero-order valence-electron chi connectivity index (χ0n) is 15.4. The Balaban J connectivity index is 1.32. The first kappa shape index (κ1) is 17.3. The van der Waals surface area contributed by atoms with Gasteiger partial charge in [0.25, 0.3) is 5.91 Å². The molecule has 7 heteroatoms. The van der Waals surface area contributed by atoms with E-state index in [4.69, 9.17) is 9.72 Å². The Bertz CT molecular complexity index is 1010. The Morgan fingerprint density at radius 2 is 1.96 bits per heavy atom. The predicted octanol–water partition coefficient (Wildman–Crippen LogP) is 3.39. The summed E-state index contributed by atoms with van der Waals surface area (Å²) in [5.41, 5.74) is 4.03. The maximum Gasteiger partial charge on any atom is 0.259 e. The third-order valence-electron chi connectivity index (χ3n) is 5.16. The second kappa shape index (κ2) is 7.33. The number of hydrogen-bond donors (Lipinski definition) is 1. The van der Waals surface area contributed by atoms with Crippen LogP contribution in [-0.4, -0.2) is 42.2 Å². The van der Waals surface area contributed by atoms with Crippen LogP contribution in [0.5, 0.6) is 0 Å². The van der Waals surface area contributed by atoms with Gasteiger partial charge in [-0.1, -0.05) is 24.3 Å². The van der Waals surface area contributed by atoms with E-state index in [-0.39, 0.29) is 5.91 Å². The van der Waals surface area contributed by atoms with E-state index in [1.807, 2.05) is 18.2 Å². The molecule has 1 aliphatic heterocycles. The molecule has 1 aromatic carbocycles. The number of thiazole rings is 1. The van der Waals surface area contributed by atoms with Crippen LogP contribution in [0, 0.1) is 0 Å². The molecule has 1 N–H and O–H groups in total. The largest absolute Gasteiger partial charge is 0.378 e. The summed E-state index contributed by atoms with van der Waals surface area (Å²) < 4.78 is 5.37. The van der Waals surface area contributed by atoms with Crippen LogP contribution in [-0.2, 0) is 17.6 Å². The van der Waals surface area contributed by atoms with Crippen molar-refractivity contribution in [2.75, 3.05) is 36.5 Å². The molecule has 1 fully saturated rings. The van der Waals surface area contributed by atoms with E-state index in [1.54, 1.807) is 17.5 Å². The van der Waals surface area contributed by atoms with Gasteiger partial charge < -0.3 is 9.64 Å². The van der Waals surface area contributed by atoms with Crippen molar-refractivity contribution >= 4 is 28.2 Å². The Labute approximate surface area is 167 Å². The molecule has 0 bridgehead atoms. The number of hydrogen-bond acceptors (Lipinski definition) is 6. The minimum absolute atomic E-state index is 0.180. The van der Waals surface area contributed by atoms with Gasteiger partial charge in [-0.25, -0.2) is 9.97 Å². The van der Waals surface area contributed by atoms with E-state index in [1.165, 1.54) is 16.0 Å². The number of nitrogens with zero attached hydrogens (tertiary/aromatic N) is 3. The lowest BCUT2D eigenvalue weighted by molar-refractivity contribution is 0.102. The number of aromatic nitrogens is 2. The molecule has 5 rings (SSSR count). The first-order valence-corrected chi connectivity index (χ1v) is 10.3. The number of fused-ring (bicyclic) bond motifs is 3. The summed E-state index contributed by atoms with van der Waals surface area (Å²) >= 11 is 1.56. The van der Waals surface area contributed by atoms with Crippen molar-refractivity contribution in [3.8, 4) is 11.3 Å². The number of aryl methyl sites for hydroxylation is 2. The Kier molecular flexibility index (Phi) is 4.54. The van der Waals surface area contributed by atoms with E-state index >= 15 is 0 Å². The first-order valence-electron chi connectivity index (χ1n) is 9.46. The van der Waals surface area contributed by atoms with Gasteiger partial charge >= 0.3 is 0 Å². The smallest absolute Gasteiger partial charge is 0.259 e. The van der Waals surface area contributed by atoms with Gasteiger partial charge in [-0.3, -0.25) is 10.1 Å². The van der Waals surface area contributed by atoms with Crippen molar-refractivity contribution in [2.24, 2.45) is 0 Å². The van der Waals surface area contributed by atoms with E-state index in [0.29, 0.717) is 23.9 Å². The molecule has 0 radical (unpaired) electrons. The lowest BCUT2D eigenvalue weighted by atomic mass is 9.94. The Morgan fingerprint density at radius 3 is 2.79 bits per heavy atom. The van der Waals surface area contributed by atoms with Crippen molar-refractivity contribution in [3.05, 3.63) is 58.6 Å². The minimum Gasteiger partial charge on any atom is -0.378 e. The maximum absolute atomic E-state index is 12.6. The Morgan fingerprint density at radius 1 is 1.11 bits per heavy atom. The molecule has 6 nitrogen and oxygen atoms in total. The van der Waals surface area contributed by atoms with Crippen molar-refractivity contribution in [3.63, 3.8) is 0 Å². The number of nitrogens with one attached hydrogen (secondary N) is 1. The van der Waals surface area contributed by atoms with Crippen LogP contribution in [0.1, 0.15) is 20.8 Å². The van der Waals surface area contributed by atoms with Crippen LogP contribution in [0.2, 0.25) is 0 Å². The molecule has 0 unspecified atom stereocenters. The number of carbonyl (C=O) groups excluding carboxylic acids is 1. The summed E-state index contributed by atoms with van der Waals surface area (Å²) in [5.74, 6) is 0.696. The molecule has 1 amide bonds. The quantitative estimate of drug-likeness (QED) is 0.740. The summed E-state index contributed by atoms with van der Waals surface area (Å²) in [7, 11) is 0. The number of rotatable bonds is 3. The monoisotopic (exact) mass is 392 g/mol. The Hall–Kier alpha value is -2.77. The standard InChI is InChI=1S/C21H20N4O2S/c26-20(15-6-8-18(22-13-15)25-9-11-27-12-10-25)24-21-23-19-16-4-2-1-3-14(16)5-7-17(19)28-21/h1-4,6,8,13H,5,7,9-12H2,(H,23,24,26). The third-order valence-corrected chi connectivity index (χ3v) is 6.19. The average molecular weight is 392 g/mol. The molecule has 1 aliphatic carbocycles. The van der Waals surface area contributed by atoms with Crippen LogP contribution in [0.4, 0.5) is 10.9 Å². The number of benzene rings is 1. The molecule has 1 saturated heterocycles. The van der Waals surface area contributed by atoms with Crippen molar-refractivity contribution in [1.29, 1.82) is 0 Å². The summed E-state index contributed by atoms with van der Waals surface area (Å²) in [6.07, 6.45) is 3.62. The first-order chi connectivity index (χ1) is 13.8. The molecule has 0 saturated carbocycles. The van der Waals surface area contributed by atoms with Gasteiger partial charge in [-0.15, -0.1) is 11.3 Å². The SMILES string of the molecule is O=C(Nc1nc2c(s1)CCc1ccccc1-2)c1ccc(N2CCOCC2)nc1. The summed E-state index contributed by atoms with van der Waals surface area (Å²) in [4.78, 5) is 25.2. The summed E-state index contributed by atoms with van der Waals surface area (Å²) in [6, 6.07) is 12.1. The topological polar surface area (TPSA) is 67.4 Å². The van der Waals surface area contributed by atoms with Gasteiger partial charge in [0.15, 0.2) is 5.13 Å². The van der Waals surface area contributed by atoms with Crippen molar-refractivity contribution in [1.82, 2.24) is 9.97 Å². The molecular weight excluding hydrogens is 372 g/mol. The molecule has 28 heavy (non-hydrogen) atoms. The molecule has 2 aliphatic rings. The van der Waals surface area contributed by atoms with Gasteiger partial charge in [-0.05, 0) is 30.5 Å². The number of carbonyl (C=O) groups is 1. The molecule has 2 aromatic heterocycles. The highest BCUT2D eigenvalue weighted by Gasteiger charge is 2.21. The fraction of sp³-hybridized carbons (Fsp3) is 0.286. The van der Waals surface area contributed by atoms with Gasteiger partial charge in [0, 0.05) is 29.7 Å². The van der Waals surface area contributed by atoms with E-state index in [9.17, 15) is 4.79 Å². The fourth-order valence-corrected chi connectivity index (χ4v) is 4.64. The highest BCUT2D eigenvalue weighted by molar-refractivity contribution is 7.16. The minimum atomic E-state index is -0.180. The molecule has 3 heterocycles. The van der Waals surface area contributed by atoms with Crippen molar-refractivity contribution < 1.29 is 9.53 Å². The zero-order chi connectivity index (χ0) is 18.9. The van der Waals surface area contributed by atoms with Crippen LogP contribution >= 0.6 is 11.3 Å². The molecule has 142 valence electrons. The fourth-order valence-electron chi connectivity index (χ4n) is 3.67. The summed E-state index contributed by atoms with van der Waals surface area (Å²) in [6.45, 7) is 3.07. The number of pyridine rings is 1. The van der Waals surface area contributed by atoms with E-state index < -0.39 is 0 Å². The van der Waals surface area contributed by atoms with E-state index in [2.05, 4.69) is 33.4 Å². The van der Waals surface area contributed by atoms with Gasteiger partial charge in [-0.2, -0.15) is 0 Å². The normalized spacial score (nSPS) is 15.6. The summed E-state index contributed by atoms with van der Waals surface area (Å²) in [5, 5.41) is 3.58. The van der Waals surface area contributed by atoms with Crippen LogP contribution in [0.3, 0.4) is 0 Å². The lowest BCUT2D eigenvalue weighted by Crippen LogP contribution is -2.36. The van der Waals surface area contributed by atoms with Crippen LogP contribution < -0.4 is 10.2 Å². The second-order valence-corrected chi connectivity index (χ2v) is 7.99. The molecular formula is C21H20N4O2S. The highest BCUT2D eigenvalue weighted by atomic mass is 32.1. The molecule has 0 atom stereocenters. The van der Waals surface area contributed by atoms with Gasteiger partial charge in [0.1, 0.15) is 5.82 Å². The number of morpholine rings is 1. The second-order valence-electron chi connectivity index (χ2n) is 6.91. The number of amides is 1. The average Bonchev–Trinajstić information content (AvgIpc) is 3.17. The van der Waals surface area contributed by atoms with Gasteiger partial charge in [0.2, 0.25) is 0 Å². The van der Waals surface area contributed by atoms with Gasteiger partial charge in [0.05, 0.1) is 24.5 Å². The maximum atomic E-state index is 12.6. The highest BCUT2D eigenvalue weighted by Crippen LogP contribution is 2.38. The number of ether oxygens (including phenoxy) is 1. The van der Waals surface area contributed by atoms with E-state index in [0.717, 1.165) is 37.4 Å².